The van der Waals surface area contributed by atoms with Crippen molar-refractivity contribution in [3.8, 4) is 11.1 Å². The van der Waals surface area contributed by atoms with Gasteiger partial charge in [-0.05, 0) is 28.7 Å². The highest BCUT2D eigenvalue weighted by molar-refractivity contribution is 6.40. The molecule has 0 fully saturated rings. The van der Waals surface area contributed by atoms with Crippen molar-refractivity contribution < 1.29 is 47.5 Å². The smallest absolute Gasteiger partial charge is 0.407 e. The number of esters is 1. The van der Waals surface area contributed by atoms with Crippen LogP contribution >= 0.6 is 0 Å². The van der Waals surface area contributed by atoms with Crippen LogP contribution in [0.4, 0.5) is 4.79 Å². The summed E-state index contributed by atoms with van der Waals surface area (Å²) in [4.78, 5) is 35.9. The Morgan fingerprint density at radius 3 is 1.55 bits per heavy atom. The number of amides is 1. The fourth-order valence-electron chi connectivity index (χ4n) is 4.96. The highest BCUT2D eigenvalue weighted by Gasteiger charge is 2.29. The lowest BCUT2D eigenvalue weighted by atomic mass is 9.98. The molecule has 0 bridgehead atoms. The summed E-state index contributed by atoms with van der Waals surface area (Å²) in [6, 6.07) is 24.8. The molecule has 1 aliphatic carbocycles. The molecular weight excluding hydrogens is 606 g/mol. The molecule has 0 saturated carbocycles. The van der Waals surface area contributed by atoms with Gasteiger partial charge >= 0.3 is 12.1 Å². The Kier molecular flexibility index (Phi) is 15.9. The summed E-state index contributed by atoms with van der Waals surface area (Å²) in [6.07, 6.45) is 0.241. The highest BCUT2D eigenvalue weighted by atomic mass is 16.6. The molecular formula is C36H43NO10. The minimum absolute atomic E-state index is 0.00752. The van der Waals surface area contributed by atoms with Crippen molar-refractivity contribution in [3.05, 3.63) is 95.6 Å². The fourth-order valence-corrected chi connectivity index (χ4v) is 4.96. The van der Waals surface area contributed by atoms with Crippen molar-refractivity contribution >= 4 is 17.8 Å². The Bertz CT molecular complexity index is 1340. The van der Waals surface area contributed by atoms with Crippen molar-refractivity contribution in [2.75, 3.05) is 85.8 Å². The number of hydrogen-bond donors (Lipinski definition) is 1. The van der Waals surface area contributed by atoms with Gasteiger partial charge in [0.2, 0.25) is 0 Å². The number of ketones is 1. The third-order valence-electron chi connectivity index (χ3n) is 7.25. The molecule has 4 rings (SSSR count). The maximum atomic E-state index is 12.2. The number of hydrogen-bond acceptors (Lipinski definition) is 10. The SMILES string of the molecule is O=C(NCCCOCCOCCOCCOCCOCCOC(=O)C(=O)c1ccccc1)OCC1c2ccccc2-c2ccccc21. The second kappa shape index (κ2) is 20.9. The maximum absolute atomic E-state index is 12.2. The van der Waals surface area contributed by atoms with Crippen LogP contribution in [-0.4, -0.2) is 104 Å². The number of rotatable bonds is 23. The molecule has 11 nitrogen and oxygen atoms in total. The predicted molar refractivity (Wildman–Crippen MR) is 174 cm³/mol. The Morgan fingerprint density at radius 1 is 0.532 bits per heavy atom. The van der Waals surface area contributed by atoms with Crippen LogP contribution in [0.25, 0.3) is 11.1 Å². The largest absolute Gasteiger partial charge is 0.457 e. The van der Waals surface area contributed by atoms with Gasteiger partial charge in [-0.1, -0.05) is 78.9 Å². The van der Waals surface area contributed by atoms with Crippen LogP contribution < -0.4 is 5.32 Å². The second-order valence-electron chi connectivity index (χ2n) is 10.5. The van der Waals surface area contributed by atoms with E-state index < -0.39 is 17.8 Å². The van der Waals surface area contributed by atoms with Gasteiger partial charge in [-0.2, -0.15) is 0 Å². The molecule has 252 valence electrons. The number of nitrogens with one attached hydrogen (secondary N) is 1. The van der Waals surface area contributed by atoms with Gasteiger partial charge in [0.1, 0.15) is 13.2 Å². The van der Waals surface area contributed by atoms with E-state index in [-0.39, 0.29) is 19.1 Å². The van der Waals surface area contributed by atoms with E-state index in [1.807, 2.05) is 24.3 Å². The van der Waals surface area contributed by atoms with E-state index in [4.69, 9.17) is 33.2 Å². The van der Waals surface area contributed by atoms with Crippen molar-refractivity contribution in [2.24, 2.45) is 0 Å². The van der Waals surface area contributed by atoms with E-state index in [2.05, 4.69) is 29.6 Å². The van der Waals surface area contributed by atoms with E-state index in [1.165, 1.54) is 22.3 Å². The summed E-state index contributed by atoms with van der Waals surface area (Å²) in [5.74, 6) is -1.54. The zero-order valence-electron chi connectivity index (χ0n) is 26.6. The lowest BCUT2D eigenvalue weighted by Crippen LogP contribution is -2.27. The first kappa shape index (κ1) is 35.7. The van der Waals surface area contributed by atoms with E-state index in [9.17, 15) is 14.4 Å². The third kappa shape index (κ3) is 12.2. The van der Waals surface area contributed by atoms with Gasteiger partial charge in [0.05, 0.1) is 59.5 Å². The van der Waals surface area contributed by atoms with Crippen molar-refractivity contribution in [1.29, 1.82) is 0 Å². The van der Waals surface area contributed by atoms with E-state index in [1.54, 1.807) is 30.3 Å². The molecule has 3 aromatic rings. The number of fused-ring (bicyclic) bond motifs is 3. The Hall–Kier alpha value is -4.13. The van der Waals surface area contributed by atoms with Gasteiger partial charge in [-0.3, -0.25) is 4.79 Å². The number of carbonyl (C=O) groups excluding carboxylic acids is 3. The van der Waals surface area contributed by atoms with E-state index in [0.29, 0.717) is 84.6 Å². The van der Waals surface area contributed by atoms with Crippen LogP contribution in [0.2, 0.25) is 0 Å². The summed E-state index contributed by atoms with van der Waals surface area (Å²) in [6.45, 7) is 4.76. The molecule has 1 amide bonds. The molecule has 0 aliphatic heterocycles. The van der Waals surface area contributed by atoms with Gasteiger partial charge in [0, 0.05) is 24.6 Å². The predicted octanol–water partition coefficient (Wildman–Crippen LogP) is 4.42. The summed E-state index contributed by atoms with van der Waals surface area (Å²) in [7, 11) is 0. The molecule has 0 saturated heterocycles. The average molecular weight is 650 g/mol. The summed E-state index contributed by atoms with van der Waals surface area (Å²) in [5.41, 5.74) is 5.07. The first-order valence-corrected chi connectivity index (χ1v) is 15.9. The zero-order chi connectivity index (χ0) is 32.9. The molecule has 0 aromatic heterocycles. The van der Waals surface area contributed by atoms with Crippen LogP contribution in [0.1, 0.15) is 33.8 Å². The molecule has 0 spiro atoms. The molecule has 1 aliphatic rings. The Balaban J connectivity index is 0.871. The number of Topliss-reactive ketones (excluding diaryl/α,β-unsaturated/α-hetero) is 1. The van der Waals surface area contributed by atoms with Crippen LogP contribution in [0.5, 0.6) is 0 Å². The molecule has 3 aromatic carbocycles. The molecule has 0 radical (unpaired) electrons. The summed E-state index contributed by atoms with van der Waals surface area (Å²) in [5, 5.41) is 2.79. The highest BCUT2D eigenvalue weighted by Crippen LogP contribution is 2.44. The minimum atomic E-state index is -0.900. The lowest BCUT2D eigenvalue weighted by molar-refractivity contribution is -0.139. The van der Waals surface area contributed by atoms with Crippen LogP contribution in [0.15, 0.2) is 78.9 Å². The Labute approximate surface area is 275 Å². The monoisotopic (exact) mass is 649 g/mol. The maximum Gasteiger partial charge on any atom is 0.407 e. The molecule has 0 heterocycles. The van der Waals surface area contributed by atoms with Crippen molar-refractivity contribution in [2.45, 2.75) is 12.3 Å². The standard InChI is InChI=1S/C36H43NO10/c38-34(28-9-2-1-3-10-28)35(39)46-26-25-45-24-23-44-22-21-43-20-19-42-18-17-41-16-8-15-37-36(40)47-27-33-31-13-6-4-11-29(31)30-12-5-7-14-32(30)33/h1-7,9-14,33H,8,15-27H2,(H,37,40). The topological polar surface area (TPSA) is 128 Å². The number of alkyl carbamates (subject to hydrolysis) is 1. The van der Waals surface area contributed by atoms with Crippen molar-refractivity contribution in [1.82, 2.24) is 5.32 Å². The first-order valence-electron chi connectivity index (χ1n) is 15.9. The number of ether oxygens (including phenoxy) is 7. The molecule has 47 heavy (non-hydrogen) atoms. The van der Waals surface area contributed by atoms with Crippen LogP contribution in [-0.2, 0) is 38.0 Å². The van der Waals surface area contributed by atoms with Gasteiger partial charge in [0.25, 0.3) is 5.78 Å². The molecule has 0 unspecified atom stereocenters. The second-order valence-corrected chi connectivity index (χ2v) is 10.5. The lowest BCUT2D eigenvalue weighted by Gasteiger charge is -2.14. The van der Waals surface area contributed by atoms with Gasteiger partial charge in [-0.25, -0.2) is 9.59 Å². The first-order chi connectivity index (χ1) is 23.1. The molecule has 11 heteroatoms. The van der Waals surface area contributed by atoms with Crippen molar-refractivity contribution in [3.63, 3.8) is 0 Å². The summed E-state index contributed by atoms with van der Waals surface area (Å²) >= 11 is 0. The van der Waals surface area contributed by atoms with Crippen LogP contribution in [0.3, 0.4) is 0 Å². The number of benzene rings is 3. The number of carbonyl (C=O) groups is 3. The third-order valence-corrected chi connectivity index (χ3v) is 7.25. The van der Waals surface area contributed by atoms with E-state index >= 15 is 0 Å². The van der Waals surface area contributed by atoms with Crippen LogP contribution in [0, 0.1) is 0 Å². The average Bonchev–Trinajstić information content (AvgIpc) is 3.43. The zero-order valence-corrected chi connectivity index (χ0v) is 26.6. The normalized spacial score (nSPS) is 11.9. The van der Waals surface area contributed by atoms with E-state index in [0.717, 1.165) is 0 Å². The van der Waals surface area contributed by atoms with Gasteiger partial charge in [0.15, 0.2) is 0 Å². The molecule has 1 N–H and O–H groups in total. The molecule has 0 atom stereocenters. The quantitative estimate of drug-likeness (QED) is 0.0683. The summed E-state index contributed by atoms with van der Waals surface area (Å²) < 4.78 is 37.7. The Morgan fingerprint density at radius 2 is 1.00 bits per heavy atom. The fraction of sp³-hybridized carbons (Fsp3) is 0.417. The van der Waals surface area contributed by atoms with Gasteiger partial charge < -0.3 is 38.5 Å². The minimum Gasteiger partial charge on any atom is -0.457 e. The van der Waals surface area contributed by atoms with Gasteiger partial charge in [-0.15, -0.1) is 0 Å².